The van der Waals surface area contributed by atoms with Crippen LogP contribution in [0.5, 0.6) is 0 Å². The van der Waals surface area contributed by atoms with E-state index >= 15 is 0 Å². The van der Waals surface area contributed by atoms with Crippen LogP contribution in [0.4, 0.5) is 0 Å². The molecule has 0 unspecified atom stereocenters. The zero-order valence-electron chi connectivity index (χ0n) is 13.8. The van der Waals surface area contributed by atoms with Crippen molar-refractivity contribution in [3.63, 3.8) is 0 Å². The molecule has 1 fully saturated rings. The molecule has 1 aromatic carbocycles. The van der Waals surface area contributed by atoms with Gasteiger partial charge in [-0.1, -0.05) is 18.2 Å². The van der Waals surface area contributed by atoms with Crippen LogP contribution in [-0.2, 0) is 4.74 Å². The molecular formula is C18H19N5O2. The number of hydrogen-bond acceptors (Lipinski definition) is 4. The van der Waals surface area contributed by atoms with Crippen LogP contribution in [0.15, 0.2) is 48.8 Å². The predicted molar refractivity (Wildman–Crippen MR) is 91.5 cm³/mol. The normalized spacial score (nSPS) is 19.9. The lowest BCUT2D eigenvalue weighted by molar-refractivity contribution is 0.0782. The number of hydrogen-bond donors (Lipinski definition) is 2. The molecule has 7 nitrogen and oxygen atoms in total. The van der Waals surface area contributed by atoms with Gasteiger partial charge in [-0.25, -0.2) is 4.98 Å². The molecule has 0 radical (unpaired) electrons. The molecule has 2 aromatic heterocycles. The Morgan fingerprint density at radius 2 is 2.20 bits per heavy atom. The first-order chi connectivity index (χ1) is 12.2. The van der Waals surface area contributed by atoms with Gasteiger partial charge < -0.3 is 14.6 Å². The first-order valence-electron chi connectivity index (χ1n) is 8.25. The third-order valence-corrected chi connectivity index (χ3v) is 4.30. The standard InChI is InChI=1S/C18H19N5O2/c1-12-11-15(22-21-12)18(24)20-14-7-10-25-16(14)17-19-8-9-23(17)13-5-3-2-4-6-13/h2-6,8-9,11,14,16H,7,10H2,1H3,(H,20,24)(H,21,22)/t14-,16-/m0/s1. The van der Waals surface area contributed by atoms with Crippen molar-refractivity contribution in [3.8, 4) is 5.69 Å². The minimum Gasteiger partial charge on any atom is -0.368 e. The van der Waals surface area contributed by atoms with E-state index in [1.807, 2.05) is 48.0 Å². The van der Waals surface area contributed by atoms with Gasteiger partial charge in [0.1, 0.15) is 17.6 Å². The summed E-state index contributed by atoms with van der Waals surface area (Å²) in [5.74, 6) is 0.579. The van der Waals surface area contributed by atoms with E-state index in [0.717, 1.165) is 23.6 Å². The third kappa shape index (κ3) is 3.06. The van der Waals surface area contributed by atoms with E-state index in [9.17, 15) is 4.79 Å². The van der Waals surface area contributed by atoms with E-state index < -0.39 is 0 Å². The number of imidazole rings is 1. The van der Waals surface area contributed by atoms with Gasteiger partial charge in [-0.15, -0.1) is 0 Å². The summed E-state index contributed by atoms with van der Waals surface area (Å²) < 4.78 is 7.88. The lowest BCUT2D eigenvalue weighted by Gasteiger charge is -2.20. The average molecular weight is 337 g/mol. The number of aromatic nitrogens is 4. The Bertz CT molecular complexity index is 870. The number of benzene rings is 1. The van der Waals surface area contributed by atoms with E-state index in [-0.39, 0.29) is 18.1 Å². The highest BCUT2D eigenvalue weighted by Gasteiger charge is 2.34. The number of aryl methyl sites for hydroxylation is 1. The highest BCUT2D eigenvalue weighted by atomic mass is 16.5. The molecule has 7 heteroatoms. The minimum atomic E-state index is -0.292. The van der Waals surface area contributed by atoms with Gasteiger partial charge >= 0.3 is 0 Å². The first kappa shape index (κ1) is 15.6. The SMILES string of the molecule is Cc1cc(C(=O)N[C@H]2CCO[C@@H]2c2nccn2-c2ccccc2)n[nH]1. The summed E-state index contributed by atoms with van der Waals surface area (Å²) in [6.45, 7) is 2.44. The maximum Gasteiger partial charge on any atom is 0.272 e. The molecule has 2 atom stereocenters. The quantitative estimate of drug-likeness (QED) is 0.764. The molecule has 0 saturated carbocycles. The molecule has 25 heavy (non-hydrogen) atoms. The Hall–Kier alpha value is -2.93. The van der Waals surface area contributed by atoms with Crippen LogP contribution >= 0.6 is 0 Å². The second-order valence-corrected chi connectivity index (χ2v) is 6.09. The Kier molecular flexibility index (Phi) is 4.07. The number of amides is 1. The molecule has 128 valence electrons. The van der Waals surface area contributed by atoms with Gasteiger partial charge in [-0.3, -0.25) is 9.89 Å². The molecule has 1 saturated heterocycles. The van der Waals surface area contributed by atoms with Gasteiger partial charge in [0.05, 0.1) is 6.04 Å². The molecule has 0 bridgehead atoms. The van der Waals surface area contributed by atoms with E-state index in [4.69, 9.17) is 4.74 Å². The maximum atomic E-state index is 12.4. The average Bonchev–Trinajstić information content (AvgIpc) is 3.35. The summed E-state index contributed by atoms with van der Waals surface area (Å²) >= 11 is 0. The molecule has 1 amide bonds. The summed E-state index contributed by atoms with van der Waals surface area (Å²) in [4.78, 5) is 16.9. The number of rotatable bonds is 4. The molecule has 1 aliphatic rings. The highest BCUT2D eigenvalue weighted by molar-refractivity contribution is 5.92. The van der Waals surface area contributed by atoms with Crippen molar-refractivity contribution < 1.29 is 9.53 Å². The minimum absolute atomic E-state index is 0.144. The van der Waals surface area contributed by atoms with Crippen molar-refractivity contribution in [2.75, 3.05) is 6.61 Å². The van der Waals surface area contributed by atoms with E-state index in [1.165, 1.54) is 0 Å². The van der Waals surface area contributed by atoms with E-state index in [2.05, 4.69) is 20.5 Å². The van der Waals surface area contributed by atoms with Crippen LogP contribution in [0, 0.1) is 6.92 Å². The van der Waals surface area contributed by atoms with Crippen molar-refractivity contribution >= 4 is 5.91 Å². The Morgan fingerprint density at radius 3 is 2.96 bits per heavy atom. The Labute approximate surface area is 145 Å². The number of H-pyrrole nitrogens is 1. The zero-order valence-corrected chi connectivity index (χ0v) is 13.8. The highest BCUT2D eigenvalue weighted by Crippen LogP contribution is 2.29. The predicted octanol–water partition coefficient (Wildman–Crippen LogP) is 2.16. The van der Waals surface area contributed by atoms with Crippen molar-refractivity contribution in [2.45, 2.75) is 25.5 Å². The Balaban J connectivity index is 1.56. The van der Waals surface area contributed by atoms with Crippen LogP contribution in [0.2, 0.25) is 0 Å². The molecule has 2 N–H and O–H groups in total. The van der Waals surface area contributed by atoms with Gasteiger partial charge in [-0.05, 0) is 31.5 Å². The number of aromatic amines is 1. The molecule has 3 aromatic rings. The zero-order chi connectivity index (χ0) is 17.2. The number of para-hydroxylation sites is 1. The molecular weight excluding hydrogens is 318 g/mol. The summed E-state index contributed by atoms with van der Waals surface area (Å²) in [7, 11) is 0. The molecule has 4 rings (SSSR count). The fraction of sp³-hybridized carbons (Fsp3) is 0.278. The molecule has 0 aliphatic carbocycles. The van der Waals surface area contributed by atoms with Crippen LogP contribution < -0.4 is 5.32 Å². The van der Waals surface area contributed by atoms with Crippen molar-refractivity contribution in [1.82, 2.24) is 25.1 Å². The summed E-state index contributed by atoms with van der Waals surface area (Å²) in [6, 6.07) is 11.5. The number of nitrogens with one attached hydrogen (secondary N) is 2. The van der Waals surface area contributed by atoms with Crippen LogP contribution in [-0.4, -0.2) is 38.3 Å². The van der Waals surface area contributed by atoms with E-state index in [0.29, 0.717) is 12.3 Å². The van der Waals surface area contributed by atoms with Crippen LogP contribution in [0.25, 0.3) is 5.69 Å². The molecule has 0 spiro atoms. The summed E-state index contributed by atoms with van der Waals surface area (Å²) in [6.07, 6.45) is 4.10. The van der Waals surface area contributed by atoms with Gasteiger partial charge in [0, 0.05) is 30.4 Å². The first-order valence-corrected chi connectivity index (χ1v) is 8.25. The number of ether oxygens (including phenoxy) is 1. The van der Waals surface area contributed by atoms with E-state index in [1.54, 1.807) is 12.3 Å². The largest absolute Gasteiger partial charge is 0.368 e. The third-order valence-electron chi connectivity index (χ3n) is 4.30. The topological polar surface area (TPSA) is 84.8 Å². The van der Waals surface area contributed by atoms with Gasteiger partial charge in [0.25, 0.3) is 5.91 Å². The van der Waals surface area contributed by atoms with Crippen molar-refractivity contribution in [3.05, 3.63) is 66.0 Å². The number of nitrogens with zero attached hydrogens (tertiary/aromatic N) is 3. The maximum absolute atomic E-state index is 12.4. The van der Waals surface area contributed by atoms with Crippen molar-refractivity contribution in [2.24, 2.45) is 0 Å². The number of carbonyl (C=O) groups excluding carboxylic acids is 1. The lowest BCUT2D eigenvalue weighted by Crippen LogP contribution is -2.37. The number of carbonyl (C=O) groups is 1. The van der Waals surface area contributed by atoms with Gasteiger partial charge in [0.2, 0.25) is 0 Å². The molecule has 1 aliphatic heterocycles. The smallest absolute Gasteiger partial charge is 0.272 e. The second kappa shape index (κ2) is 6.52. The fourth-order valence-electron chi connectivity index (χ4n) is 3.10. The van der Waals surface area contributed by atoms with Crippen LogP contribution in [0.3, 0.4) is 0 Å². The second-order valence-electron chi connectivity index (χ2n) is 6.09. The monoisotopic (exact) mass is 337 g/mol. The van der Waals surface area contributed by atoms with Crippen molar-refractivity contribution in [1.29, 1.82) is 0 Å². The lowest BCUT2D eigenvalue weighted by atomic mass is 10.1. The van der Waals surface area contributed by atoms with Gasteiger partial charge in [-0.2, -0.15) is 5.10 Å². The van der Waals surface area contributed by atoms with Gasteiger partial charge in [0.15, 0.2) is 0 Å². The fourth-order valence-corrected chi connectivity index (χ4v) is 3.10. The Morgan fingerprint density at radius 1 is 1.36 bits per heavy atom. The summed E-state index contributed by atoms with van der Waals surface area (Å²) in [5, 5.41) is 9.82. The van der Waals surface area contributed by atoms with Crippen LogP contribution in [0.1, 0.15) is 34.5 Å². The summed E-state index contributed by atoms with van der Waals surface area (Å²) in [5.41, 5.74) is 2.25. The molecule has 3 heterocycles.